The second-order valence-electron chi connectivity index (χ2n) is 8.28. The zero-order valence-corrected chi connectivity index (χ0v) is 17.4. The topological polar surface area (TPSA) is 29.5 Å². The third-order valence-corrected chi connectivity index (χ3v) is 9.44. The van der Waals surface area contributed by atoms with Gasteiger partial charge in [-0.3, -0.25) is 0 Å². The first-order valence-corrected chi connectivity index (χ1v) is 11.4. The van der Waals surface area contributed by atoms with Gasteiger partial charge < -0.3 is 9.53 Å². The Morgan fingerprint density at radius 2 is 1.68 bits per heavy atom. The Kier molecular flexibility index (Phi) is 8.32. The van der Waals surface area contributed by atoms with Gasteiger partial charge in [-0.25, -0.2) is 0 Å². The first kappa shape index (κ1) is 21.6. The standard InChI is InChI=1S/C19H38O2Si/c1-11-15(4)18(21-22(9,10)19(6,7)8)16(5)17(20)13-12-14(2)3/h11-12,16-18,20H,13H2,1-10H3/b15-11+/t16-,17+,18-/m0/s1. The van der Waals surface area contributed by atoms with Gasteiger partial charge in [0.15, 0.2) is 8.32 Å². The fourth-order valence-electron chi connectivity index (χ4n) is 2.05. The van der Waals surface area contributed by atoms with Crippen LogP contribution in [-0.2, 0) is 4.43 Å². The Bertz CT molecular complexity index is 398. The van der Waals surface area contributed by atoms with Gasteiger partial charge in [0.2, 0.25) is 0 Å². The first-order chi connectivity index (χ1) is 9.83. The molecular weight excluding hydrogens is 288 g/mol. The van der Waals surface area contributed by atoms with Crippen LogP contribution in [0.5, 0.6) is 0 Å². The summed E-state index contributed by atoms with van der Waals surface area (Å²) in [7, 11) is -1.87. The summed E-state index contributed by atoms with van der Waals surface area (Å²) in [5.74, 6) is 0.0842. The van der Waals surface area contributed by atoms with Crippen molar-refractivity contribution in [3.8, 4) is 0 Å². The Morgan fingerprint density at radius 1 is 1.18 bits per heavy atom. The molecule has 0 radical (unpaired) electrons. The highest BCUT2D eigenvalue weighted by molar-refractivity contribution is 6.74. The number of rotatable bonds is 7. The van der Waals surface area contributed by atoms with Crippen LogP contribution in [-0.4, -0.2) is 25.6 Å². The molecule has 0 saturated heterocycles. The highest BCUT2D eigenvalue weighted by Crippen LogP contribution is 2.39. The summed E-state index contributed by atoms with van der Waals surface area (Å²) >= 11 is 0. The zero-order chi connectivity index (χ0) is 17.7. The van der Waals surface area contributed by atoms with Crippen LogP contribution >= 0.6 is 0 Å². The lowest BCUT2D eigenvalue weighted by Crippen LogP contribution is -2.47. The van der Waals surface area contributed by atoms with Crippen LogP contribution in [0.1, 0.15) is 61.8 Å². The minimum atomic E-state index is -1.87. The van der Waals surface area contributed by atoms with Crippen molar-refractivity contribution in [1.82, 2.24) is 0 Å². The number of aliphatic hydroxyl groups is 1. The lowest BCUT2D eigenvalue weighted by Gasteiger charge is -2.42. The molecule has 0 heterocycles. The van der Waals surface area contributed by atoms with Crippen LogP contribution in [0.3, 0.4) is 0 Å². The fourth-order valence-corrected chi connectivity index (χ4v) is 3.44. The van der Waals surface area contributed by atoms with Crippen LogP contribution in [0.15, 0.2) is 23.3 Å². The van der Waals surface area contributed by atoms with Gasteiger partial charge in [-0.05, 0) is 57.8 Å². The van der Waals surface area contributed by atoms with Crippen molar-refractivity contribution < 1.29 is 9.53 Å². The summed E-state index contributed by atoms with van der Waals surface area (Å²) in [6.45, 7) is 21.7. The average Bonchev–Trinajstić information content (AvgIpc) is 2.39. The van der Waals surface area contributed by atoms with E-state index >= 15 is 0 Å². The van der Waals surface area contributed by atoms with E-state index in [4.69, 9.17) is 4.43 Å². The molecule has 3 heteroatoms. The van der Waals surface area contributed by atoms with Gasteiger partial charge in [0.1, 0.15) is 0 Å². The summed E-state index contributed by atoms with van der Waals surface area (Å²) < 4.78 is 6.63. The summed E-state index contributed by atoms with van der Waals surface area (Å²) in [4.78, 5) is 0. The third kappa shape index (κ3) is 6.39. The smallest absolute Gasteiger partial charge is 0.192 e. The number of hydrogen-bond acceptors (Lipinski definition) is 2. The summed E-state index contributed by atoms with van der Waals surface area (Å²) in [6, 6.07) is 0. The molecule has 0 aliphatic rings. The van der Waals surface area contributed by atoms with Crippen LogP contribution < -0.4 is 0 Å². The molecule has 2 nitrogen and oxygen atoms in total. The Balaban J connectivity index is 5.27. The second-order valence-corrected chi connectivity index (χ2v) is 13.0. The minimum absolute atomic E-state index is 0.00791. The fraction of sp³-hybridized carbons (Fsp3) is 0.789. The monoisotopic (exact) mass is 326 g/mol. The SMILES string of the molecule is C/C=C(\C)[C@H](O[Si](C)(C)C(C)(C)C)[C@@H](C)[C@H](O)CC=C(C)C. The van der Waals surface area contributed by atoms with Crippen molar-refractivity contribution in [2.45, 2.75) is 92.2 Å². The zero-order valence-electron chi connectivity index (χ0n) is 16.4. The van der Waals surface area contributed by atoms with E-state index in [1.54, 1.807) is 0 Å². The van der Waals surface area contributed by atoms with Crippen molar-refractivity contribution in [3.05, 3.63) is 23.3 Å². The lowest BCUT2D eigenvalue weighted by atomic mass is 9.91. The minimum Gasteiger partial charge on any atom is -0.410 e. The Labute approximate surface area is 139 Å². The molecule has 130 valence electrons. The van der Waals surface area contributed by atoms with E-state index in [0.29, 0.717) is 6.42 Å². The molecule has 0 spiro atoms. The van der Waals surface area contributed by atoms with Crippen LogP contribution in [0.2, 0.25) is 18.1 Å². The van der Waals surface area contributed by atoms with Crippen molar-refractivity contribution in [2.75, 3.05) is 0 Å². The van der Waals surface area contributed by atoms with E-state index in [9.17, 15) is 5.11 Å². The van der Waals surface area contributed by atoms with Gasteiger partial charge in [0.25, 0.3) is 0 Å². The van der Waals surface area contributed by atoms with Gasteiger partial charge in [0.05, 0.1) is 12.2 Å². The summed E-state index contributed by atoms with van der Waals surface area (Å²) in [6.07, 6.45) is 4.53. The average molecular weight is 327 g/mol. The Morgan fingerprint density at radius 3 is 2.05 bits per heavy atom. The third-order valence-electron chi connectivity index (χ3n) is 4.98. The second kappa shape index (κ2) is 8.46. The summed E-state index contributed by atoms with van der Waals surface area (Å²) in [5.41, 5.74) is 2.46. The van der Waals surface area contributed by atoms with Crippen LogP contribution in [0.4, 0.5) is 0 Å². The van der Waals surface area contributed by atoms with Crippen LogP contribution in [0, 0.1) is 5.92 Å². The quantitative estimate of drug-likeness (QED) is 0.480. The maximum Gasteiger partial charge on any atom is 0.192 e. The first-order valence-electron chi connectivity index (χ1n) is 8.45. The normalized spacial score (nSPS) is 17.9. The highest BCUT2D eigenvalue weighted by atomic mass is 28.4. The predicted molar refractivity (Wildman–Crippen MR) is 101 cm³/mol. The van der Waals surface area contributed by atoms with E-state index in [2.05, 4.69) is 73.7 Å². The van der Waals surface area contributed by atoms with Gasteiger partial charge in [-0.15, -0.1) is 0 Å². The maximum atomic E-state index is 10.5. The van der Waals surface area contributed by atoms with Crippen molar-refractivity contribution in [2.24, 2.45) is 5.92 Å². The predicted octanol–water partition coefficient (Wildman–Crippen LogP) is 5.70. The van der Waals surface area contributed by atoms with Gasteiger partial charge in [-0.1, -0.05) is 45.4 Å². The number of hydrogen-bond donors (Lipinski definition) is 1. The maximum absolute atomic E-state index is 10.5. The van der Waals surface area contributed by atoms with E-state index in [0.717, 1.165) is 0 Å². The lowest BCUT2D eigenvalue weighted by molar-refractivity contribution is 0.0468. The molecule has 0 saturated carbocycles. The van der Waals surface area contributed by atoms with Crippen molar-refractivity contribution in [3.63, 3.8) is 0 Å². The van der Waals surface area contributed by atoms with Crippen molar-refractivity contribution in [1.29, 1.82) is 0 Å². The molecule has 0 unspecified atom stereocenters. The molecule has 0 fully saturated rings. The molecular formula is C19H38O2Si. The molecule has 3 atom stereocenters. The molecule has 0 rings (SSSR count). The van der Waals surface area contributed by atoms with Gasteiger partial charge in [0, 0.05) is 5.92 Å². The molecule has 22 heavy (non-hydrogen) atoms. The molecule has 0 bridgehead atoms. The van der Waals surface area contributed by atoms with Crippen molar-refractivity contribution >= 4 is 8.32 Å². The van der Waals surface area contributed by atoms with E-state index in [-0.39, 0.29) is 23.2 Å². The van der Waals surface area contributed by atoms with E-state index in [1.807, 2.05) is 6.92 Å². The number of allylic oxidation sites excluding steroid dienone is 2. The molecule has 1 N–H and O–H groups in total. The summed E-state index contributed by atoms with van der Waals surface area (Å²) in [5, 5.41) is 10.7. The molecule has 0 aliphatic heterocycles. The Hall–Kier alpha value is -0.383. The molecule has 0 aromatic carbocycles. The molecule has 0 amide bonds. The largest absolute Gasteiger partial charge is 0.410 e. The van der Waals surface area contributed by atoms with Gasteiger partial charge in [-0.2, -0.15) is 0 Å². The van der Waals surface area contributed by atoms with E-state index < -0.39 is 8.32 Å². The number of aliphatic hydroxyl groups excluding tert-OH is 1. The molecule has 0 aromatic heterocycles. The van der Waals surface area contributed by atoms with E-state index in [1.165, 1.54) is 11.1 Å². The molecule has 0 aliphatic carbocycles. The highest BCUT2D eigenvalue weighted by Gasteiger charge is 2.41. The molecule has 0 aromatic rings. The van der Waals surface area contributed by atoms with Crippen LogP contribution in [0.25, 0.3) is 0 Å². The van der Waals surface area contributed by atoms with Gasteiger partial charge >= 0.3 is 0 Å².